The highest BCUT2D eigenvalue weighted by Gasteiger charge is 2.38. The van der Waals surface area contributed by atoms with Crippen molar-refractivity contribution in [3.63, 3.8) is 0 Å². The van der Waals surface area contributed by atoms with Gasteiger partial charge in [0.1, 0.15) is 12.4 Å². The Bertz CT molecular complexity index is 916. The third kappa shape index (κ3) is 4.84. The first kappa shape index (κ1) is 21.9. The Morgan fingerprint density at radius 2 is 1.87 bits per heavy atom. The zero-order valence-corrected chi connectivity index (χ0v) is 18.6. The average molecular weight is 409 g/mol. The maximum atomic E-state index is 13.1. The highest BCUT2D eigenvalue weighted by Crippen LogP contribution is 2.38. The van der Waals surface area contributed by atoms with Crippen molar-refractivity contribution in [1.82, 2.24) is 0 Å². The van der Waals surface area contributed by atoms with E-state index in [2.05, 4.69) is 26.1 Å². The van der Waals surface area contributed by atoms with Gasteiger partial charge in [-0.15, -0.1) is 0 Å². The summed E-state index contributed by atoms with van der Waals surface area (Å²) in [5.41, 5.74) is 2.63. The van der Waals surface area contributed by atoms with Crippen LogP contribution in [0, 0.1) is 11.3 Å². The number of hydrogen-bond donors (Lipinski definition) is 1. The van der Waals surface area contributed by atoms with Gasteiger partial charge in [-0.25, -0.2) is 0 Å². The Morgan fingerprint density at radius 3 is 2.50 bits per heavy atom. The van der Waals surface area contributed by atoms with Gasteiger partial charge in [-0.2, -0.15) is 0 Å². The lowest BCUT2D eigenvalue weighted by molar-refractivity contribution is -0.127. The van der Waals surface area contributed by atoms with Crippen molar-refractivity contribution in [2.24, 2.45) is 11.3 Å². The fourth-order valence-electron chi connectivity index (χ4n) is 3.59. The van der Waals surface area contributed by atoms with Crippen LogP contribution in [0.3, 0.4) is 0 Å². The molecule has 160 valence electrons. The second kappa shape index (κ2) is 8.90. The number of nitrogens with one attached hydrogen (secondary N) is 1. The fourth-order valence-corrected chi connectivity index (χ4v) is 3.59. The van der Waals surface area contributed by atoms with E-state index in [0.29, 0.717) is 36.1 Å². The number of fused-ring (bicyclic) bond motifs is 1. The van der Waals surface area contributed by atoms with Crippen molar-refractivity contribution >= 4 is 23.2 Å². The van der Waals surface area contributed by atoms with Gasteiger partial charge >= 0.3 is 0 Å². The second-order valence-corrected chi connectivity index (χ2v) is 9.07. The largest absolute Gasteiger partial charge is 0.490 e. The van der Waals surface area contributed by atoms with Crippen LogP contribution >= 0.6 is 0 Å². The van der Waals surface area contributed by atoms with Crippen LogP contribution in [0.4, 0.5) is 11.4 Å². The van der Waals surface area contributed by atoms with Crippen molar-refractivity contribution in [2.45, 2.75) is 47.5 Å². The van der Waals surface area contributed by atoms with E-state index in [-0.39, 0.29) is 11.8 Å². The van der Waals surface area contributed by atoms with Crippen molar-refractivity contribution in [2.75, 3.05) is 23.4 Å². The van der Waals surface area contributed by atoms with Gasteiger partial charge in [0, 0.05) is 23.9 Å². The van der Waals surface area contributed by atoms with E-state index in [4.69, 9.17) is 4.74 Å². The Labute approximate surface area is 179 Å². The van der Waals surface area contributed by atoms with Crippen molar-refractivity contribution in [3.05, 3.63) is 53.6 Å². The molecule has 2 aromatic carbocycles. The Balaban J connectivity index is 1.83. The average Bonchev–Trinajstić information content (AvgIpc) is 2.79. The van der Waals surface area contributed by atoms with Crippen LogP contribution in [-0.4, -0.2) is 25.0 Å². The van der Waals surface area contributed by atoms with Crippen LogP contribution < -0.4 is 15.0 Å². The molecule has 0 spiro atoms. The minimum absolute atomic E-state index is 0.0545. The van der Waals surface area contributed by atoms with Crippen LogP contribution in [0.5, 0.6) is 5.75 Å². The van der Waals surface area contributed by atoms with E-state index in [1.807, 2.05) is 55.1 Å². The molecule has 1 N–H and O–H groups in total. The molecule has 1 aliphatic heterocycles. The summed E-state index contributed by atoms with van der Waals surface area (Å²) in [6, 6.07) is 13.2. The smallest absolute Gasteiger partial charge is 0.255 e. The van der Waals surface area contributed by atoms with Crippen molar-refractivity contribution in [1.29, 1.82) is 0 Å². The molecule has 0 atom stereocenters. The number of nitrogens with zero attached hydrogens (tertiary/aromatic N) is 1. The molecule has 0 unspecified atom stereocenters. The molecule has 30 heavy (non-hydrogen) atoms. The number of aryl methyl sites for hydroxylation is 1. The molecule has 0 bridgehead atoms. The molecule has 0 radical (unpaired) electrons. The lowest BCUT2D eigenvalue weighted by atomic mass is 9.92. The molecular formula is C25H32N2O3. The minimum Gasteiger partial charge on any atom is -0.490 e. The van der Waals surface area contributed by atoms with Gasteiger partial charge in [0.15, 0.2) is 0 Å². The first-order chi connectivity index (χ1) is 14.2. The van der Waals surface area contributed by atoms with Crippen LogP contribution in [0.15, 0.2) is 42.5 Å². The van der Waals surface area contributed by atoms with Gasteiger partial charge in [-0.1, -0.05) is 39.3 Å². The predicted octanol–water partition coefficient (Wildman–Crippen LogP) is 5.30. The van der Waals surface area contributed by atoms with E-state index < -0.39 is 5.41 Å². The summed E-state index contributed by atoms with van der Waals surface area (Å²) in [4.78, 5) is 27.5. The normalized spacial score (nSPS) is 15.4. The van der Waals surface area contributed by atoms with Crippen LogP contribution in [0.2, 0.25) is 0 Å². The number of benzene rings is 2. The standard InChI is InChI=1S/C25H32N2O3/c1-6-7-18-8-10-19(11-9-18)23(28)26-20-12-13-21-22(14-20)30-16-25(4,5)24(29)27(21)15-17(2)3/h8-14,17H,6-7,15-16H2,1-5H3,(H,26,28). The number of carbonyl (C=O) groups excluding carboxylic acids is 2. The SMILES string of the molecule is CCCc1ccc(C(=O)Nc2ccc3c(c2)OCC(C)(C)C(=O)N3CC(C)C)cc1. The lowest BCUT2D eigenvalue weighted by Crippen LogP contribution is -2.43. The zero-order valence-electron chi connectivity index (χ0n) is 18.6. The highest BCUT2D eigenvalue weighted by molar-refractivity contribution is 6.05. The van der Waals surface area contributed by atoms with Crippen LogP contribution in [-0.2, 0) is 11.2 Å². The van der Waals surface area contributed by atoms with E-state index in [9.17, 15) is 9.59 Å². The Morgan fingerprint density at radius 1 is 1.17 bits per heavy atom. The van der Waals surface area contributed by atoms with E-state index in [1.165, 1.54) is 5.56 Å². The maximum Gasteiger partial charge on any atom is 0.255 e. The number of rotatable bonds is 6. The summed E-state index contributed by atoms with van der Waals surface area (Å²) in [6.07, 6.45) is 2.08. The summed E-state index contributed by atoms with van der Waals surface area (Å²) in [7, 11) is 0. The third-order valence-electron chi connectivity index (χ3n) is 5.22. The van der Waals surface area contributed by atoms with Crippen LogP contribution in [0.1, 0.15) is 57.0 Å². The van der Waals surface area contributed by atoms with Crippen molar-refractivity contribution < 1.29 is 14.3 Å². The fraction of sp³-hybridized carbons (Fsp3) is 0.440. The van der Waals surface area contributed by atoms with Gasteiger partial charge in [0.25, 0.3) is 5.91 Å². The highest BCUT2D eigenvalue weighted by atomic mass is 16.5. The van der Waals surface area contributed by atoms with E-state index in [1.54, 1.807) is 6.07 Å². The number of carbonyl (C=O) groups is 2. The number of ether oxygens (including phenoxy) is 1. The number of anilines is 2. The first-order valence-corrected chi connectivity index (χ1v) is 10.7. The molecule has 0 aliphatic carbocycles. The molecule has 3 rings (SSSR count). The van der Waals surface area contributed by atoms with Crippen molar-refractivity contribution in [3.8, 4) is 5.75 Å². The zero-order chi connectivity index (χ0) is 21.9. The third-order valence-corrected chi connectivity index (χ3v) is 5.22. The molecule has 1 aliphatic rings. The summed E-state index contributed by atoms with van der Waals surface area (Å²) >= 11 is 0. The van der Waals surface area contributed by atoms with E-state index >= 15 is 0 Å². The minimum atomic E-state index is -0.614. The predicted molar refractivity (Wildman–Crippen MR) is 121 cm³/mol. The lowest BCUT2D eigenvalue weighted by Gasteiger charge is -2.29. The Kier molecular flexibility index (Phi) is 6.49. The summed E-state index contributed by atoms with van der Waals surface area (Å²) in [5, 5.41) is 2.95. The van der Waals surface area contributed by atoms with Gasteiger partial charge < -0.3 is 15.0 Å². The second-order valence-electron chi connectivity index (χ2n) is 9.07. The van der Waals surface area contributed by atoms with Gasteiger partial charge in [0.05, 0.1) is 11.1 Å². The maximum absolute atomic E-state index is 13.1. The summed E-state index contributed by atoms with van der Waals surface area (Å²) in [6.45, 7) is 11.0. The molecule has 1 heterocycles. The monoisotopic (exact) mass is 408 g/mol. The van der Waals surface area contributed by atoms with Gasteiger partial charge in [-0.3, -0.25) is 9.59 Å². The van der Waals surface area contributed by atoms with Gasteiger partial charge in [-0.05, 0) is 56.0 Å². The van der Waals surface area contributed by atoms with Crippen LogP contribution in [0.25, 0.3) is 0 Å². The van der Waals surface area contributed by atoms with E-state index in [0.717, 1.165) is 18.5 Å². The molecule has 0 saturated heterocycles. The van der Waals surface area contributed by atoms with Gasteiger partial charge in [0.2, 0.25) is 5.91 Å². The molecule has 0 saturated carbocycles. The molecule has 5 heteroatoms. The molecule has 2 amide bonds. The molecule has 2 aromatic rings. The summed E-state index contributed by atoms with van der Waals surface area (Å²) in [5.74, 6) is 0.831. The molecule has 5 nitrogen and oxygen atoms in total. The Hall–Kier alpha value is -2.82. The molecule has 0 fully saturated rings. The topological polar surface area (TPSA) is 58.6 Å². The summed E-state index contributed by atoms with van der Waals surface area (Å²) < 4.78 is 6.00. The molecular weight excluding hydrogens is 376 g/mol. The molecule has 0 aromatic heterocycles. The number of amides is 2. The quantitative estimate of drug-likeness (QED) is 0.706. The first-order valence-electron chi connectivity index (χ1n) is 10.7. The number of hydrogen-bond acceptors (Lipinski definition) is 3.